The van der Waals surface area contributed by atoms with Crippen molar-refractivity contribution in [2.24, 2.45) is 0 Å². The zero-order chi connectivity index (χ0) is 13.4. The lowest BCUT2D eigenvalue weighted by Gasteiger charge is -2.23. The first-order valence-electron chi connectivity index (χ1n) is 6.19. The van der Waals surface area contributed by atoms with Gasteiger partial charge in [-0.05, 0) is 37.5 Å². The molecule has 0 bridgehead atoms. The summed E-state index contributed by atoms with van der Waals surface area (Å²) < 4.78 is 8.23. The van der Waals surface area contributed by atoms with E-state index in [0.29, 0.717) is 12.0 Å². The van der Waals surface area contributed by atoms with Crippen molar-refractivity contribution >= 4 is 32.8 Å². The maximum absolute atomic E-state index is 11.3. The molecule has 5 nitrogen and oxygen atoms in total. The summed E-state index contributed by atoms with van der Waals surface area (Å²) in [7, 11) is 0. The minimum atomic E-state index is -1.02. The van der Waals surface area contributed by atoms with Crippen LogP contribution in [0.4, 0.5) is 0 Å². The molecule has 0 saturated carbocycles. The van der Waals surface area contributed by atoms with E-state index >= 15 is 0 Å². The molecule has 0 amide bonds. The first-order valence-corrected chi connectivity index (χ1v) is 6.99. The maximum atomic E-state index is 11.3. The average Bonchev–Trinajstić information content (AvgIpc) is 2.78. The molecule has 1 aliphatic heterocycles. The Kier molecular flexibility index (Phi) is 3.28. The van der Waals surface area contributed by atoms with Crippen molar-refractivity contribution in [2.45, 2.75) is 25.5 Å². The summed E-state index contributed by atoms with van der Waals surface area (Å²) in [6, 6.07) is 5.54. The van der Waals surface area contributed by atoms with E-state index in [-0.39, 0.29) is 11.9 Å². The van der Waals surface area contributed by atoms with Gasteiger partial charge < -0.3 is 9.84 Å². The van der Waals surface area contributed by atoms with Gasteiger partial charge >= 0.3 is 5.97 Å². The van der Waals surface area contributed by atoms with Crippen LogP contribution in [0, 0.1) is 0 Å². The van der Waals surface area contributed by atoms with E-state index in [2.05, 4.69) is 21.0 Å². The Morgan fingerprint density at radius 2 is 2.32 bits per heavy atom. The van der Waals surface area contributed by atoms with Crippen LogP contribution in [0.5, 0.6) is 0 Å². The lowest BCUT2D eigenvalue weighted by Crippen LogP contribution is -2.19. The first kappa shape index (κ1) is 12.6. The van der Waals surface area contributed by atoms with Crippen molar-refractivity contribution in [1.29, 1.82) is 0 Å². The summed E-state index contributed by atoms with van der Waals surface area (Å²) in [5.41, 5.74) is 0.873. The highest BCUT2D eigenvalue weighted by atomic mass is 79.9. The molecule has 1 saturated heterocycles. The highest BCUT2D eigenvalue weighted by Gasteiger charge is 2.23. The molecule has 1 atom stereocenters. The summed E-state index contributed by atoms with van der Waals surface area (Å²) in [6.07, 6.45) is 2.83. The monoisotopic (exact) mass is 324 g/mol. The molecule has 19 heavy (non-hydrogen) atoms. The van der Waals surface area contributed by atoms with E-state index in [9.17, 15) is 9.90 Å². The topological polar surface area (TPSA) is 64.3 Å². The van der Waals surface area contributed by atoms with Crippen LogP contribution in [0.1, 0.15) is 36.0 Å². The Balaban J connectivity index is 2.16. The van der Waals surface area contributed by atoms with Crippen LogP contribution in [0.3, 0.4) is 0 Å². The molecule has 2 aromatic rings. The SMILES string of the molecule is O=C(O)c1nn([C@@H]2CCCCO2)c2ccc(Br)cc12. The number of carboxylic acids is 1. The molecule has 1 aliphatic rings. The largest absolute Gasteiger partial charge is 0.476 e. The Labute approximate surface area is 118 Å². The zero-order valence-corrected chi connectivity index (χ0v) is 11.8. The van der Waals surface area contributed by atoms with Crippen LogP contribution >= 0.6 is 15.9 Å². The first-order chi connectivity index (χ1) is 9.16. The van der Waals surface area contributed by atoms with Gasteiger partial charge in [0.2, 0.25) is 0 Å². The smallest absolute Gasteiger partial charge is 0.357 e. The molecule has 3 rings (SSSR count). The number of fused-ring (bicyclic) bond motifs is 1. The number of carbonyl (C=O) groups is 1. The van der Waals surface area contributed by atoms with E-state index in [4.69, 9.17) is 4.74 Å². The van der Waals surface area contributed by atoms with Gasteiger partial charge in [0.1, 0.15) is 0 Å². The lowest BCUT2D eigenvalue weighted by molar-refractivity contribution is -0.0368. The van der Waals surface area contributed by atoms with Crippen LogP contribution in [0.2, 0.25) is 0 Å². The Bertz CT molecular complexity index is 632. The Morgan fingerprint density at radius 1 is 1.47 bits per heavy atom. The molecule has 2 heterocycles. The van der Waals surface area contributed by atoms with E-state index in [1.807, 2.05) is 12.1 Å². The maximum Gasteiger partial charge on any atom is 0.357 e. The number of aromatic carboxylic acids is 1. The third-order valence-corrected chi connectivity index (χ3v) is 3.79. The number of benzene rings is 1. The van der Waals surface area contributed by atoms with Crippen molar-refractivity contribution in [1.82, 2.24) is 9.78 Å². The van der Waals surface area contributed by atoms with Crippen LogP contribution in [-0.2, 0) is 4.74 Å². The van der Waals surface area contributed by atoms with E-state index < -0.39 is 5.97 Å². The van der Waals surface area contributed by atoms with Gasteiger partial charge in [-0.25, -0.2) is 9.48 Å². The highest BCUT2D eigenvalue weighted by Crippen LogP contribution is 2.29. The van der Waals surface area contributed by atoms with Crippen molar-refractivity contribution < 1.29 is 14.6 Å². The van der Waals surface area contributed by atoms with Crippen LogP contribution < -0.4 is 0 Å². The number of hydrogen-bond acceptors (Lipinski definition) is 3. The van der Waals surface area contributed by atoms with E-state index in [1.54, 1.807) is 10.7 Å². The molecular formula is C13H13BrN2O3. The van der Waals surface area contributed by atoms with Gasteiger partial charge in [-0.1, -0.05) is 15.9 Å². The number of ether oxygens (including phenoxy) is 1. The fourth-order valence-electron chi connectivity index (χ4n) is 2.41. The number of nitrogens with zero attached hydrogens (tertiary/aromatic N) is 2. The quantitative estimate of drug-likeness (QED) is 0.921. The third-order valence-electron chi connectivity index (χ3n) is 3.30. The molecule has 0 spiro atoms. The predicted octanol–water partition coefficient (Wildman–Crippen LogP) is 3.20. The number of aromatic nitrogens is 2. The second kappa shape index (κ2) is 4.94. The number of hydrogen-bond donors (Lipinski definition) is 1. The van der Waals surface area contributed by atoms with Gasteiger partial charge in [0.05, 0.1) is 5.52 Å². The highest BCUT2D eigenvalue weighted by molar-refractivity contribution is 9.10. The Morgan fingerprint density at radius 3 is 3.00 bits per heavy atom. The molecule has 0 aliphatic carbocycles. The van der Waals surface area contributed by atoms with Crippen molar-refractivity contribution in [2.75, 3.05) is 6.61 Å². The molecule has 100 valence electrons. The summed E-state index contributed by atoms with van der Waals surface area (Å²) in [5.74, 6) is -1.02. The van der Waals surface area contributed by atoms with Gasteiger partial charge in [-0.3, -0.25) is 0 Å². The average molecular weight is 325 g/mol. The minimum absolute atomic E-state index is 0.0745. The van der Waals surface area contributed by atoms with E-state index in [0.717, 1.165) is 29.3 Å². The van der Waals surface area contributed by atoms with Crippen LogP contribution in [-0.4, -0.2) is 27.5 Å². The lowest BCUT2D eigenvalue weighted by atomic mass is 10.2. The van der Waals surface area contributed by atoms with Crippen molar-refractivity contribution in [3.8, 4) is 0 Å². The fraction of sp³-hybridized carbons (Fsp3) is 0.385. The molecule has 1 N–H and O–H groups in total. The summed E-state index contributed by atoms with van der Waals surface area (Å²) >= 11 is 3.36. The second-order valence-corrected chi connectivity index (χ2v) is 5.50. The molecule has 0 unspecified atom stereocenters. The van der Waals surface area contributed by atoms with Gasteiger partial charge in [0.15, 0.2) is 11.9 Å². The summed E-state index contributed by atoms with van der Waals surface area (Å²) in [5, 5.41) is 14.1. The summed E-state index contributed by atoms with van der Waals surface area (Å²) in [6.45, 7) is 0.699. The van der Waals surface area contributed by atoms with E-state index in [1.165, 1.54) is 0 Å². The minimum Gasteiger partial charge on any atom is -0.476 e. The molecular weight excluding hydrogens is 312 g/mol. The normalized spacial score (nSPS) is 19.7. The molecule has 0 radical (unpaired) electrons. The van der Waals surface area contributed by atoms with Gasteiger partial charge in [-0.15, -0.1) is 0 Å². The number of carboxylic acid groups (broad SMARTS) is 1. The predicted molar refractivity (Wildman–Crippen MR) is 73.2 cm³/mol. The molecule has 1 aromatic carbocycles. The molecule has 1 fully saturated rings. The van der Waals surface area contributed by atoms with Crippen LogP contribution in [0.15, 0.2) is 22.7 Å². The third kappa shape index (κ3) is 2.26. The van der Waals surface area contributed by atoms with Gasteiger partial charge in [0, 0.05) is 16.5 Å². The Hall–Kier alpha value is -1.40. The second-order valence-electron chi connectivity index (χ2n) is 4.58. The molecule has 1 aromatic heterocycles. The van der Waals surface area contributed by atoms with Crippen LogP contribution in [0.25, 0.3) is 10.9 Å². The van der Waals surface area contributed by atoms with Gasteiger partial charge in [0.25, 0.3) is 0 Å². The van der Waals surface area contributed by atoms with Gasteiger partial charge in [-0.2, -0.15) is 5.10 Å². The molecule has 6 heteroatoms. The standard InChI is InChI=1S/C13H13BrN2O3/c14-8-4-5-10-9(7-8)12(13(17)18)15-16(10)11-3-1-2-6-19-11/h4-5,7,11H,1-3,6H2,(H,17,18)/t11-/m0/s1. The zero-order valence-electron chi connectivity index (χ0n) is 10.2. The fourth-order valence-corrected chi connectivity index (χ4v) is 2.77. The van der Waals surface area contributed by atoms with Crippen molar-refractivity contribution in [3.05, 3.63) is 28.4 Å². The number of halogens is 1. The van der Waals surface area contributed by atoms with Crippen molar-refractivity contribution in [3.63, 3.8) is 0 Å². The summed E-state index contributed by atoms with van der Waals surface area (Å²) in [4.78, 5) is 11.3. The number of rotatable bonds is 2.